The molecule has 1 aliphatic rings. The molecule has 0 unspecified atom stereocenters. The number of carbonyl (C=O) groups excluding carboxylic acids is 1. The fourth-order valence-corrected chi connectivity index (χ4v) is 2.21. The molecule has 0 radical (unpaired) electrons. The third kappa shape index (κ3) is 2.57. The molecule has 2 rings (SSSR count). The highest BCUT2D eigenvalue weighted by molar-refractivity contribution is 6.30. The predicted molar refractivity (Wildman–Crippen MR) is 61.6 cm³/mol. The Labute approximate surface area is 99.0 Å². The summed E-state index contributed by atoms with van der Waals surface area (Å²) in [6.07, 6.45) is 5.14. The molecule has 16 heavy (non-hydrogen) atoms. The van der Waals surface area contributed by atoms with E-state index in [9.17, 15) is 9.90 Å². The van der Waals surface area contributed by atoms with E-state index in [1.165, 1.54) is 0 Å². The molecule has 1 fully saturated rings. The Hall–Kier alpha value is -1.00. The third-order valence-electron chi connectivity index (χ3n) is 3.00. The molecule has 0 atom stereocenters. The van der Waals surface area contributed by atoms with Gasteiger partial charge in [0.2, 0.25) is 0 Å². The third-order valence-corrected chi connectivity index (χ3v) is 3.22. The maximum absolute atomic E-state index is 11.6. The summed E-state index contributed by atoms with van der Waals surface area (Å²) < 4.78 is 0. The van der Waals surface area contributed by atoms with Crippen molar-refractivity contribution in [2.45, 2.75) is 31.3 Å². The quantitative estimate of drug-likeness (QED) is 0.756. The van der Waals surface area contributed by atoms with Crippen LogP contribution in [0.15, 0.2) is 12.3 Å². The van der Waals surface area contributed by atoms with Gasteiger partial charge in [0, 0.05) is 12.7 Å². The summed E-state index contributed by atoms with van der Waals surface area (Å²) in [4.78, 5) is 14.4. The summed E-state index contributed by atoms with van der Waals surface area (Å²) in [5.41, 5.74) is -0.293. The van der Waals surface area contributed by atoms with Crippen molar-refractivity contribution in [3.05, 3.63) is 23.0 Å². The van der Waals surface area contributed by atoms with Gasteiger partial charge in [-0.05, 0) is 18.9 Å². The minimum absolute atomic E-state index is 0.229. The SMILES string of the molecule is O=C(NCC1(O)CCCC1)c1cc(Cl)c[nH]1. The number of halogens is 1. The van der Waals surface area contributed by atoms with Crippen molar-refractivity contribution in [3.8, 4) is 0 Å². The fraction of sp³-hybridized carbons (Fsp3) is 0.545. The van der Waals surface area contributed by atoms with Crippen LogP contribution in [0.2, 0.25) is 5.02 Å². The van der Waals surface area contributed by atoms with Crippen LogP contribution in [0.4, 0.5) is 0 Å². The monoisotopic (exact) mass is 242 g/mol. The molecule has 4 nitrogen and oxygen atoms in total. The lowest BCUT2D eigenvalue weighted by atomic mass is 10.0. The Bertz CT molecular complexity index is 383. The molecule has 1 aromatic rings. The van der Waals surface area contributed by atoms with Crippen LogP contribution >= 0.6 is 11.6 Å². The molecule has 1 amide bonds. The first kappa shape index (κ1) is 11.5. The lowest BCUT2D eigenvalue weighted by molar-refractivity contribution is 0.0449. The van der Waals surface area contributed by atoms with E-state index in [0.29, 0.717) is 17.3 Å². The van der Waals surface area contributed by atoms with Crippen LogP contribution in [-0.4, -0.2) is 28.1 Å². The number of nitrogens with one attached hydrogen (secondary N) is 2. The van der Waals surface area contributed by atoms with Crippen molar-refractivity contribution in [1.29, 1.82) is 0 Å². The van der Waals surface area contributed by atoms with E-state index in [1.807, 2.05) is 0 Å². The summed E-state index contributed by atoms with van der Waals surface area (Å²) in [6, 6.07) is 1.57. The second-order valence-electron chi connectivity index (χ2n) is 4.35. The molecule has 88 valence electrons. The van der Waals surface area contributed by atoms with Gasteiger partial charge in [-0.15, -0.1) is 0 Å². The van der Waals surface area contributed by atoms with E-state index < -0.39 is 5.60 Å². The molecule has 3 N–H and O–H groups in total. The summed E-state index contributed by atoms with van der Waals surface area (Å²) in [7, 11) is 0. The van der Waals surface area contributed by atoms with E-state index >= 15 is 0 Å². The zero-order valence-corrected chi connectivity index (χ0v) is 9.68. The van der Waals surface area contributed by atoms with Crippen LogP contribution in [0.1, 0.15) is 36.2 Å². The van der Waals surface area contributed by atoms with Crippen LogP contribution in [-0.2, 0) is 0 Å². The lowest BCUT2D eigenvalue weighted by Gasteiger charge is -2.22. The lowest BCUT2D eigenvalue weighted by Crippen LogP contribution is -2.40. The highest BCUT2D eigenvalue weighted by Gasteiger charge is 2.31. The molecular weight excluding hydrogens is 228 g/mol. The van der Waals surface area contributed by atoms with Crippen molar-refractivity contribution in [2.75, 3.05) is 6.54 Å². The Kier molecular flexibility index (Phi) is 3.21. The van der Waals surface area contributed by atoms with Crippen LogP contribution in [0.5, 0.6) is 0 Å². The number of aliphatic hydroxyl groups is 1. The summed E-state index contributed by atoms with van der Waals surface area (Å²) in [6.45, 7) is 0.308. The largest absolute Gasteiger partial charge is 0.388 e. The average molecular weight is 243 g/mol. The van der Waals surface area contributed by atoms with E-state index in [1.54, 1.807) is 12.3 Å². The van der Waals surface area contributed by atoms with Crippen molar-refractivity contribution < 1.29 is 9.90 Å². The van der Waals surface area contributed by atoms with Gasteiger partial charge in [0.15, 0.2) is 0 Å². The van der Waals surface area contributed by atoms with Crippen molar-refractivity contribution in [1.82, 2.24) is 10.3 Å². The van der Waals surface area contributed by atoms with Crippen LogP contribution in [0.25, 0.3) is 0 Å². The second kappa shape index (κ2) is 4.47. The zero-order chi connectivity index (χ0) is 11.6. The van der Waals surface area contributed by atoms with Gasteiger partial charge < -0.3 is 15.4 Å². The van der Waals surface area contributed by atoms with E-state index in [4.69, 9.17) is 11.6 Å². The highest BCUT2D eigenvalue weighted by Crippen LogP contribution is 2.28. The number of hydrogen-bond acceptors (Lipinski definition) is 2. The van der Waals surface area contributed by atoms with Gasteiger partial charge in [0.05, 0.1) is 10.6 Å². The first-order chi connectivity index (χ1) is 7.59. The highest BCUT2D eigenvalue weighted by atomic mass is 35.5. The van der Waals surface area contributed by atoms with E-state index in [-0.39, 0.29) is 5.91 Å². The smallest absolute Gasteiger partial charge is 0.267 e. The summed E-state index contributed by atoms with van der Waals surface area (Å²) in [5, 5.41) is 13.3. The molecule has 5 heteroatoms. The van der Waals surface area contributed by atoms with Crippen LogP contribution in [0, 0.1) is 0 Å². The first-order valence-corrected chi connectivity index (χ1v) is 5.81. The van der Waals surface area contributed by atoms with Gasteiger partial charge in [-0.2, -0.15) is 0 Å². The number of aromatic nitrogens is 1. The minimum Gasteiger partial charge on any atom is -0.388 e. The average Bonchev–Trinajstić information content (AvgIpc) is 2.85. The molecule has 0 spiro atoms. The normalized spacial score (nSPS) is 18.6. The van der Waals surface area contributed by atoms with Crippen molar-refractivity contribution >= 4 is 17.5 Å². The van der Waals surface area contributed by atoms with Crippen LogP contribution in [0.3, 0.4) is 0 Å². The number of carbonyl (C=O) groups is 1. The maximum atomic E-state index is 11.6. The topological polar surface area (TPSA) is 65.1 Å². The molecular formula is C11H15ClN2O2. The molecule has 1 saturated carbocycles. The Morgan fingerprint density at radius 3 is 2.81 bits per heavy atom. The Balaban J connectivity index is 1.88. The molecule has 0 bridgehead atoms. The van der Waals surface area contributed by atoms with Gasteiger partial charge in [-0.3, -0.25) is 4.79 Å². The van der Waals surface area contributed by atoms with Gasteiger partial charge >= 0.3 is 0 Å². The molecule has 1 aliphatic carbocycles. The summed E-state index contributed by atoms with van der Waals surface area (Å²) >= 11 is 5.70. The number of amides is 1. The Morgan fingerprint density at radius 2 is 2.25 bits per heavy atom. The van der Waals surface area contributed by atoms with Crippen molar-refractivity contribution in [3.63, 3.8) is 0 Å². The minimum atomic E-state index is -0.716. The predicted octanol–water partition coefficient (Wildman–Crippen LogP) is 1.70. The van der Waals surface area contributed by atoms with Gasteiger partial charge in [-0.1, -0.05) is 24.4 Å². The zero-order valence-electron chi connectivity index (χ0n) is 8.92. The fourth-order valence-electron chi connectivity index (χ4n) is 2.05. The Morgan fingerprint density at radius 1 is 1.56 bits per heavy atom. The summed E-state index contributed by atoms with van der Waals surface area (Å²) in [5.74, 6) is -0.229. The number of aromatic amines is 1. The number of H-pyrrole nitrogens is 1. The number of hydrogen-bond donors (Lipinski definition) is 3. The second-order valence-corrected chi connectivity index (χ2v) is 4.78. The van der Waals surface area contributed by atoms with Gasteiger partial charge in [0.1, 0.15) is 5.69 Å². The molecule has 1 aromatic heterocycles. The van der Waals surface area contributed by atoms with Crippen LogP contribution < -0.4 is 5.32 Å². The molecule has 1 heterocycles. The molecule has 0 aliphatic heterocycles. The maximum Gasteiger partial charge on any atom is 0.267 e. The molecule has 0 saturated heterocycles. The van der Waals surface area contributed by atoms with Crippen molar-refractivity contribution in [2.24, 2.45) is 0 Å². The van der Waals surface area contributed by atoms with Gasteiger partial charge in [0.25, 0.3) is 5.91 Å². The van der Waals surface area contributed by atoms with Gasteiger partial charge in [-0.25, -0.2) is 0 Å². The first-order valence-electron chi connectivity index (χ1n) is 5.44. The molecule has 0 aromatic carbocycles. The van der Waals surface area contributed by atoms with E-state index in [2.05, 4.69) is 10.3 Å². The number of rotatable bonds is 3. The van der Waals surface area contributed by atoms with E-state index in [0.717, 1.165) is 25.7 Å². The standard InChI is InChI=1S/C11H15ClN2O2/c12-8-5-9(13-6-8)10(15)14-7-11(16)3-1-2-4-11/h5-6,13,16H,1-4,7H2,(H,14,15).